The van der Waals surface area contributed by atoms with Crippen molar-refractivity contribution in [2.75, 3.05) is 0 Å². The molecule has 1 aliphatic rings. The van der Waals surface area contributed by atoms with E-state index in [0.29, 0.717) is 0 Å². The topological polar surface area (TPSA) is 30.2 Å². The predicted molar refractivity (Wildman–Crippen MR) is 162 cm³/mol. The lowest BCUT2D eigenvalue weighted by Gasteiger charge is -2.19. The van der Waals surface area contributed by atoms with Gasteiger partial charge in [0.05, 0.1) is 11.7 Å². The van der Waals surface area contributed by atoms with Crippen LogP contribution in [0.25, 0.3) is 49.3 Å². The molecule has 4 aromatic carbocycles. The van der Waals surface area contributed by atoms with Crippen LogP contribution in [0.5, 0.6) is 0 Å². The molecule has 0 radical (unpaired) electrons. The predicted octanol–water partition coefficient (Wildman–Crippen LogP) is 9.07. The summed E-state index contributed by atoms with van der Waals surface area (Å²) >= 11 is 0. The number of fused-ring (bicyclic) bond motifs is 6. The van der Waals surface area contributed by atoms with Crippen LogP contribution >= 0.6 is 0 Å². The molecule has 0 spiro atoms. The molecule has 0 fully saturated rings. The second-order valence-corrected chi connectivity index (χ2v) is 10.3. The zero-order valence-corrected chi connectivity index (χ0v) is 22.1. The number of nitrogens with zero attached hydrogens (tertiary/aromatic N) is 3. The zero-order chi connectivity index (χ0) is 26.9. The van der Waals surface area contributed by atoms with Crippen LogP contribution in [0.3, 0.4) is 0 Å². The van der Waals surface area contributed by atoms with Crippen molar-refractivity contribution in [1.82, 2.24) is 14.4 Å². The van der Waals surface area contributed by atoms with Gasteiger partial charge in [-0.2, -0.15) is 0 Å². The molecule has 0 saturated heterocycles. The van der Waals surface area contributed by atoms with Gasteiger partial charge in [0.25, 0.3) is 0 Å². The standard InChI is InChI=1S/C24H19F.C12H9N3/c25-18-11-8-17(9-12-18)20-6-3-7-21-22(20)14-15-23-19-5-2-1-4-16(19)10-13-24(21)23;1-4-13-5-2-10(1)11-3-7-15-8-6-14-9-12(11)15/h3,6-15H,1-2,4-5H2;1-9H. The van der Waals surface area contributed by atoms with Crippen molar-refractivity contribution in [2.24, 2.45) is 0 Å². The molecule has 0 unspecified atom stereocenters. The van der Waals surface area contributed by atoms with E-state index in [0.717, 1.165) is 16.6 Å². The first-order valence-electron chi connectivity index (χ1n) is 13.8. The average molecular weight is 522 g/mol. The number of pyridine rings is 1. The summed E-state index contributed by atoms with van der Waals surface area (Å²) in [5.74, 6) is -0.193. The summed E-state index contributed by atoms with van der Waals surface area (Å²) in [5.41, 5.74) is 8.75. The Kier molecular flexibility index (Phi) is 6.29. The molecule has 8 rings (SSSR count). The minimum Gasteiger partial charge on any atom is -0.320 e. The zero-order valence-electron chi connectivity index (χ0n) is 22.1. The molecule has 0 aliphatic heterocycles. The molecule has 4 heteroatoms. The van der Waals surface area contributed by atoms with E-state index in [9.17, 15) is 4.39 Å². The Morgan fingerprint density at radius 2 is 1.32 bits per heavy atom. The second-order valence-electron chi connectivity index (χ2n) is 10.3. The first kappa shape index (κ1) is 24.2. The van der Waals surface area contributed by atoms with Crippen LogP contribution in [0.1, 0.15) is 24.0 Å². The largest absolute Gasteiger partial charge is 0.320 e. The maximum Gasteiger partial charge on any atom is 0.123 e. The third-order valence-corrected chi connectivity index (χ3v) is 8.00. The fraction of sp³-hybridized carbons (Fsp3) is 0.111. The van der Waals surface area contributed by atoms with Gasteiger partial charge in [-0.1, -0.05) is 54.6 Å². The van der Waals surface area contributed by atoms with Crippen molar-refractivity contribution in [3.63, 3.8) is 0 Å². The van der Waals surface area contributed by atoms with E-state index < -0.39 is 0 Å². The Hall–Kier alpha value is -4.83. The molecule has 0 bridgehead atoms. The summed E-state index contributed by atoms with van der Waals surface area (Å²) in [6, 6.07) is 28.5. The first-order valence-corrected chi connectivity index (χ1v) is 13.8. The number of aromatic nitrogens is 3. The molecular weight excluding hydrogens is 493 g/mol. The lowest BCUT2D eigenvalue weighted by atomic mass is 9.86. The summed E-state index contributed by atoms with van der Waals surface area (Å²) in [4.78, 5) is 8.15. The SMILES string of the molecule is Fc1ccc(-c2cccc3c2ccc2c4c(ccc23)CCCC4)cc1.c1cc(-c2ccn3ccncc23)ccn1. The number of hydrogen-bond donors (Lipinski definition) is 0. The molecule has 0 N–H and O–H groups in total. The highest BCUT2D eigenvalue weighted by Gasteiger charge is 2.14. The van der Waals surface area contributed by atoms with E-state index in [1.165, 1.54) is 81.6 Å². The third-order valence-electron chi connectivity index (χ3n) is 8.00. The molecule has 7 aromatic rings. The number of halogens is 1. The second kappa shape index (κ2) is 10.4. The summed E-state index contributed by atoms with van der Waals surface area (Å²) in [7, 11) is 0. The number of rotatable bonds is 2. The van der Waals surface area contributed by atoms with Gasteiger partial charge in [-0.25, -0.2) is 4.39 Å². The van der Waals surface area contributed by atoms with Crippen LogP contribution in [0.2, 0.25) is 0 Å². The molecule has 3 nitrogen and oxygen atoms in total. The molecule has 1 aliphatic carbocycles. The van der Waals surface area contributed by atoms with Gasteiger partial charge in [0.15, 0.2) is 0 Å². The van der Waals surface area contributed by atoms with Crippen molar-refractivity contribution in [3.8, 4) is 22.3 Å². The molecule has 3 heterocycles. The highest BCUT2D eigenvalue weighted by atomic mass is 19.1. The maximum atomic E-state index is 13.3. The van der Waals surface area contributed by atoms with Gasteiger partial charge in [0.2, 0.25) is 0 Å². The monoisotopic (exact) mass is 521 g/mol. The van der Waals surface area contributed by atoms with E-state index >= 15 is 0 Å². The Morgan fingerprint density at radius 3 is 2.20 bits per heavy atom. The van der Waals surface area contributed by atoms with Gasteiger partial charge in [-0.05, 0) is 105 Å². The molecule has 194 valence electrons. The van der Waals surface area contributed by atoms with Crippen molar-refractivity contribution < 1.29 is 4.39 Å². The highest BCUT2D eigenvalue weighted by molar-refractivity contribution is 6.13. The Balaban J connectivity index is 0.000000150. The summed E-state index contributed by atoms with van der Waals surface area (Å²) in [5, 5.41) is 5.26. The fourth-order valence-electron chi connectivity index (χ4n) is 6.03. The lowest BCUT2D eigenvalue weighted by molar-refractivity contribution is 0.628. The number of hydrogen-bond acceptors (Lipinski definition) is 2. The normalized spacial score (nSPS) is 12.7. The average Bonchev–Trinajstić information content (AvgIpc) is 3.46. The summed E-state index contributed by atoms with van der Waals surface area (Å²) in [6.07, 6.45) is 16.2. The number of aryl methyl sites for hydroxylation is 2. The first-order chi connectivity index (χ1) is 19.8. The van der Waals surface area contributed by atoms with Gasteiger partial charge in [-0.15, -0.1) is 0 Å². The summed E-state index contributed by atoms with van der Waals surface area (Å²) < 4.78 is 15.3. The molecule has 3 aromatic heterocycles. The minimum atomic E-state index is -0.193. The van der Waals surface area contributed by atoms with Gasteiger partial charge < -0.3 is 4.40 Å². The Labute approximate surface area is 232 Å². The lowest BCUT2D eigenvalue weighted by Crippen LogP contribution is -2.03. The third kappa shape index (κ3) is 4.42. The van der Waals surface area contributed by atoms with Crippen molar-refractivity contribution in [2.45, 2.75) is 25.7 Å². The van der Waals surface area contributed by atoms with Gasteiger partial charge in [-0.3, -0.25) is 9.97 Å². The molecule has 0 amide bonds. The van der Waals surface area contributed by atoms with Crippen LogP contribution in [0.4, 0.5) is 4.39 Å². The smallest absolute Gasteiger partial charge is 0.123 e. The van der Waals surface area contributed by atoms with Gasteiger partial charge >= 0.3 is 0 Å². The quantitative estimate of drug-likeness (QED) is 0.212. The minimum absolute atomic E-state index is 0.193. The van der Waals surface area contributed by atoms with Crippen LogP contribution in [-0.2, 0) is 12.8 Å². The Bertz CT molecular complexity index is 1960. The van der Waals surface area contributed by atoms with Crippen molar-refractivity contribution in [3.05, 3.63) is 139 Å². The van der Waals surface area contributed by atoms with Crippen LogP contribution in [0, 0.1) is 5.82 Å². The van der Waals surface area contributed by atoms with Crippen LogP contribution in [-0.4, -0.2) is 14.4 Å². The molecule has 0 saturated carbocycles. The van der Waals surface area contributed by atoms with Crippen molar-refractivity contribution >= 4 is 27.1 Å². The van der Waals surface area contributed by atoms with E-state index in [1.54, 1.807) is 18.6 Å². The van der Waals surface area contributed by atoms with Gasteiger partial charge in [0, 0.05) is 36.5 Å². The number of benzene rings is 4. The van der Waals surface area contributed by atoms with Crippen molar-refractivity contribution in [1.29, 1.82) is 0 Å². The molecule has 40 heavy (non-hydrogen) atoms. The highest BCUT2D eigenvalue weighted by Crippen LogP contribution is 2.37. The van der Waals surface area contributed by atoms with Crippen LogP contribution < -0.4 is 0 Å². The summed E-state index contributed by atoms with van der Waals surface area (Å²) in [6.45, 7) is 0. The molecule has 0 atom stereocenters. The van der Waals surface area contributed by atoms with E-state index in [-0.39, 0.29) is 5.82 Å². The fourth-order valence-corrected chi connectivity index (χ4v) is 6.03. The van der Waals surface area contributed by atoms with E-state index in [1.807, 2.05) is 42.9 Å². The van der Waals surface area contributed by atoms with Crippen LogP contribution in [0.15, 0.2) is 122 Å². The maximum absolute atomic E-state index is 13.3. The van der Waals surface area contributed by atoms with E-state index in [2.05, 4.69) is 62.9 Å². The van der Waals surface area contributed by atoms with E-state index in [4.69, 9.17) is 0 Å². The molecular formula is C36H28FN3. The Morgan fingerprint density at radius 1 is 0.575 bits per heavy atom. The van der Waals surface area contributed by atoms with Gasteiger partial charge in [0.1, 0.15) is 5.82 Å².